The normalized spacial score (nSPS) is 14.4. The van der Waals surface area contributed by atoms with Gasteiger partial charge in [-0.1, -0.05) is 12.1 Å². The van der Waals surface area contributed by atoms with Crippen LogP contribution in [-0.4, -0.2) is 50.4 Å². The Morgan fingerprint density at radius 1 is 1.26 bits per heavy atom. The zero-order chi connectivity index (χ0) is 14.3. The van der Waals surface area contributed by atoms with Crippen LogP contribution >= 0.6 is 0 Å². The molecule has 4 heteroatoms. The van der Waals surface area contributed by atoms with Gasteiger partial charge in [0.15, 0.2) is 0 Å². The predicted molar refractivity (Wildman–Crippen MR) is 78.6 cm³/mol. The van der Waals surface area contributed by atoms with Crippen LogP contribution in [0.5, 0.6) is 5.75 Å². The number of rotatable bonds is 8. The molecular formula is C15H26N2O2. The van der Waals surface area contributed by atoms with Gasteiger partial charge in [0.1, 0.15) is 5.75 Å². The molecule has 0 saturated carbocycles. The van der Waals surface area contributed by atoms with Gasteiger partial charge in [0.05, 0.1) is 18.8 Å². The Hall–Kier alpha value is -1.10. The van der Waals surface area contributed by atoms with Gasteiger partial charge in [-0.3, -0.25) is 0 Å². The third-order valence-corrected chi connectivity index (χ3v) is 3.19. The zero-order valence-corrected chi connectivity index (χ0v) is 12.4. The number of benzene rings is 1. The third-order valence-electron chi connectivity index (χ3n) is 3.19. The van der Waals surface area contributed by atoms with E-state index < -0.39 is 5.54 Å². The van der Waals surface area contributed by atoms with Gasteiger partial charge in [-0.05, 0) is 45.6 Å². The molecule has 0 aliphatic rings. The summed E-state index contributed by atoms with van der Waals surface area (Å²) in [6.45, 7) is 6.48. The summed E-state index contributed by atoms with van der Waals surface area (Å²) in [5.74, 6) is 0.861. The molecule has 0 aliphatic carbocycles. The first-order valence-electron chi connectivity index (χ1n) is 6.76. The van der Waals surface area contributed by atoms with E-state index in [4.69, 9.17) is 4.74 Å². The molecule has 0 amide bonds. The molecule has 0 saturated heterocycles. The van der Waals surface area contributed by atoms with Crippen molar-refractivity contribution in [1.82, 2.24) is 10.2 Å². The van der Waals surface area contributed by atoms with Crippen LogP contribution in [0, 0.1) is 0 Å². The van der Waals surface area contributed by atoms with E-state index in [0.717, 1.165) is 24.4 Å². The van der Waals surface area contributed by atoms with Crippen molar-refractivity contribution in [3.8, 4) is 5.75 Å². The smallest absolute Gasteiger partial charge is 0.119 e. The summed E-state index contributed by atoms with van der Waals surface area (Å²) in [5, 5.41) is 13.1. The molecule has 1 rings (SSSR count). The minimum atomic E-state index is -0.416. The molecule has 0 radical (unpaired) electrons. The van der Waals surface area contributed by atoms with Crippen molar-refractivity contribution in [2.75, 3.05) is 40.4 Å². The van der Waals surface area contributed by atoms with Crippen molar-refractivity contribution >= 4 is 0 Å². The minimum absolute atomic E-state index is 0.0639. The molecule has 0 bridgehead atoms. The summed E-state index contributed by atoms with van der Waals surface area (Å²) >= 11 is 0. The summed E-state index contributed by atoms with van der Waals surface area (Å²) in [6, 6.07) is 7.90. The van der Waals surface area contributed by atoms with Gasteiger partial charge in [0.25, 0.3) is 0 Å². The summed E-state index contributed by atoms with van der Waals surface area (Å²) in [7, 11) is 4.07. The minimum Gasteiger partial charge on any atom is -0.494 e. The van der Waals surface area contributed by atoms with Crippen LogP contribution in [0.3, 0.4) is 0 Å². The maximum absolute atomic E-state index is 9.67. The van der Waals surface area contributed by atoms with Crippen molar-refractivity contribution in [2.45, 2.75) is 19.4 Å². The fourth-order valence-corrected chi connectivity index (χ4v) is 1.89. The summed E-state index contributed by atoms with van der Waals surface area (Å²) in [6.07, 6.45) is 0. The van der Waals surface area contributed by atoms with Crippen molar-refractivity contribution < 1.29 is 9.84 Å². The molecule has 0 heterocycles. The lowest BCUT2D eigenvalue weighted by Gasteiger charge is -2.30. The van der Waals surface area contributed by atoms with Crippen molar-refractivity contribution in [3.05, 3.63) is 29.8 Å². The molecule has 0 aliphatic heterocycles. The van der Waals surface area contributed by atoms with E-state index >= 15 is 0 Å². The van der Waals surface area contributed by atoms with Gasteiger partial charge in [-0.25, -0.2) is 0 Å². The number of ether oxygens (including phenoxy) is 1. The first-order valence-corrected chi connectivity index (χ1v) is 6.76. The highest BCUT2D eigenvalue weighted by Crippen LogP contribution is 2.22. The standard InChI is InChI=1S/C15H26N2O2/c1-5-19-14-8-6-13(7-9-14)15(2,12-18)16-10-11-17(3)4/h6-9,16,18H,5,10-12H2,1-4H3. The van der Waals surface area contributed by atoms with Gasteiger partial charge in [0.2, 0.25) is 0 Å². The molecule has 0 spiro atoms. The highest BCUT2D eigenvalue weighted by Gasteiger charge is 2.24. The lowest BCUT2D eigenvalue weighted by molar-refractivity contribution is 0.171. The number of aliphatic hydroxyl groups excluding tert-OH is 1. The zero-order valence-electron chi connectivity index (χ0n) is 12.4. The van der Waals surface area contributed by atoms with Crippen molar-refractivity contribution in [2.24, 2.45) is 0 Å². The highest BCUT2D eigenvalue weighted by molar-refractivity contribution is 5.31. The SMILES string of the molecule is CCOc1ccc(C(C)(CO)NCCN(C)C)cc1. The number of nitrogens with one attached hydrogen (secondary N) is 1. The number of nitrogens with zero attached hydrogens (tertiary/aromatic N) is 1. The van der Waals surface area contributed by atoms with E-state index in [-0.39, 0.29) is 6.61 Å². The fourth-order valence-electron chi connectivity index (χ4n) is 1.89. The molecule has 0 fully saturated rings. The summed E-state index contributed by atoms with van der Waals surface area (Å²) in [4.78, 5) is 2.11. The Bertz CT molecular complexity index is 365. The largest absolute Gasteiger partial charge is 0.494 e. The monoisotopic (exact) mass is 266 g/mol. The van der Waals surface area contributed by atoms with E-state index in [0.29, 0.717) is 6.61 Å². The third kappa shape index (κ3) is 4.82. The lowest BCUT2D eigenvalue weighted by atomic mass is 9.93. The quantitative estimate of drug-likeness (QED) is 0.747. The molecule has 4 nitrogen and oxygen atoms in total. The molecule has 1 aromatic carbocycles. The Morgan fingerprint density at radius 2 is 1.89 bits per heavy atom. The average Bonchev–Trinajstić information content (AvgIpc) is 2.39. The maximum Gasteiger partial charge on any atom is 0.119 e. The van der Waals surface area contributed by atoms with Crippen LogP contribution < -0.4 is 10.1 Å². The number of likely N-dealkylation sites (N-methyl/N-ethyl adjacent to an activating group) is 1. The first-order chi connectivity index (χ1) is 9.01. The molecule has 1 aromatic rings. The average molecular weight is 266 g/mol. The molecule has 19 heavy (non-hydrogen) atoms. The Labute approximate surface area is 116 Å². The molecule has 108 valence electrons. The highest BCUT2D eigenvalue weighted by atomic mass is 16.5. The van der Waals surface area contributed by atoms with Crippen LogP contribution in [-0.2, 0) is 5.54 Å². The second-order valence-corrected chi connectivity index (χ2v) is 5.18. The van der Waals surface area contributed by atoms with E-state index in [1.807, 2.05) is 52.2 Å². The number of aliphatic hydroxyl groups is 1. The topological polar surface area (TPSA) is 44.7 Å². The first kappa shape index (κ1) is 16.0. The van der Waals surface area contributed by atoms with Gasteiger partial charge >= 0.3 is 0 Å². The number of hydrogen-bond acceptors (Lipinski definition) is 4. The Kier molecular flexibility index (Phi) is 6.28. The number of hydrogen-bond donors (Lipinski definition) is 2. The van der Waals surface area contributed by atoms with Gasteiger partial charge in [-0.15, -0.1) is 0 Å². The van der Waals surface area contributed by atoms with Crippen LogP contribution in [0.4, 0.5) is 0 Å². The fraction of sp³-hybridized carbons (Fsp3) is 0.600. The Balaban J connectivity index is 2.71. The second-order valence-electron chi connectivity index (χ2n) is 5.18. The Morgan fingerprint density at radius 3 is 2.37 bits per heavy atom. The van der Waals surface area contributed by atoms with Crippen molar-refractivity contribution in [3.63, 3.8) is 0 Å². The molecule has 1 atom stereocenters. The van der Waals surface area contributed by atoms with Gasteiger partial charge in [-0.2, -0.15) is 0 Å². The van der Waals surface area contributed by atoms with Gasteiger partial charge in [0, 0.05) is 13.1 Å². The van der Waals surface area contributed by atoms with Crippen LogP contribution in [0.25, 0.3) is 0 Å². The second kappa shape index (κ2) is 7.48. The van der Waals surface area contributed by atoms with Crippen molar-refractivity contribution in [1.29, 1.82) is 0 Å². The van der Waals surface area contributed by atoms with E-state index in [2.05, 4.69) is 10.2 Å². The van der Waals surface area contributed by atoms with E-state index in [9.17, 15) is 5.11 Å². The van der Waals surface area contributed by atoms with E-state index in [1.54, 1.807) is 0 Å². The molecular weight excluding hydrogens is 240 g/mol. The van der Waals surface area contributed by atoms with E-state index in [1.165, 1.54) is 0 Å². The maximum atomic E-state index is 9.67. The summed E-state index contributed by atoms with van der Waals surface area (Å²) in [5.41, 5.74) is 0.651. The lowest BCUT2D eigenvalue weighted by Crippen LogP contribution is -2.45. The molecule has 2 N–H and O–H groups in total. The van der Waals surface area contributed by atoms with Crippen LogP contribution in [0.15, 0.2) is 24.3 Å². The van der Waals surface area contributed by atoms with Crippen LogP contribution in [0.2, 0.25) is 0 Å². The van der Waals surface area contributed by atoms with Gasteiger partial charge < -0.3 is 20.1 Å². The molecule has 1 unspecified atom stereocenters. The predicted octanol–water partition coefficient (Wildman–Crippen LogP) is 1.44. The molecule has 0 aromatic heterocycles. The van der Waals surface area contributed by atoms with Crippen LogP contribution in [0.1, 0.15) is 19.4 Å². The summed E-state index contributed by atoms with van der Waals surface area (Å²) < 4.78 is 5.43.